The molecule has 0 N–H and O–H groups in total. The molecule has 2 amide bonds. The Balaban J connectivity index is 1.55. The Morgan fingerprint density at radius 2 is 1.88 bits per heavy atom. The second kappa shape index (κ2) is 5.98. The summed E-state index contributed by atoms with van der Waals surface area (Å²) in [6.45, 7) is 1.50. The molecule has 2 aliphatic heterocycles. The van der Waals surface area contributed by atoms with E-state index in [2.05, 4.69) is 0 Å². The highest BCUT2D eigenvalue weighted by molar-refractivity contribution is 6.30. The van der Waals surface area contributed by atoms with E-state index in [-0.39, 0.29) is 17.9 Å². The summed E-state index contributed by atoms with van der Waals surface area (Å²) in [4.78, 5) is 28.1. The molecule has 2 aromatic rings. The molecular formula is C18H16N2O4. The van der Waals surface area contributed by atoms with Crippen LogP contribution in [0.15, 0.2) is 64.9 Å². The van der Waals surface area contributed by atoms with Crippen molar-refractivity contribution in [1.29, 1.82) is 0 Å². The van der Waals surface area contributed by atoms with Crippen molar-refractivity contribution in [3.05, 3.63) is 66.3 Å². The lowest BCUT2D eigenvalue weighted by atomic mass is 10.2. The number of morpholine rings is 1. The van der Waals surface area contributed by atoms with Crippen molar-refractivity contribution in [1.82, 2.24) is 4.90 Å². The SMILES string of the molecule is O=C1C=C(N2CCOC(c3ccco3)C2)C(=O)N1c1ccccc1. The highest BCUT2D eigenvalue weighted by atomic mass is 16.5. The van der Waals surface area contributed by atoms with Gasteiger partial charge in [-0.3, -0.25) is 9.59 Å². The van der Waals surface area contributed by atoms with Crippen LogP contribution in [0.1, 0.15) is 11.9 Å². The molecule has 4 rings (SSSR count). The van der Waals surface area contributed by atoms with Crippen LogP contribution in [0.25, 0.3) is 0 Å². The number of nitrogens with zero attached hydrogens (tertiary/aromatic N) is 2. The molecule has 122 valence electrons. The predicted octanol–water partition coefficient (Wildman–Crippen LogP) is 2.11. The minimum Gasteiger partial charge on any atom is -0.467 e. The second-order valence-corrected chi connectivity index (χ2v) is 5.66. The summed E-state index contributed by atoms with van der Waals surface area (Å²) in [6.07, 6.45) is 2.75. The summed E-state index contributed by atoms with van der Waals surface area (Å²) in [6, 6.07) is 12.6. The summed E-state index contributed by atoms with van der Waals surface area (Å²) in [5.41, 5.74) is 0.985. The van der Waals surface area contributed by atoms with Crippen molar-refractivity contribution in [3.8, 4) is 0 Å². The lowest BCUT2D eigenvalue weighted by Gasteiger charge is -2.33. The molecule has 24 heavy (non-hydrogen) atoms. The molecular weight excluding hydrogens is 308 g/mol. The van der Waals surface area contributed by atoms with E-state index >= 15 is 0 Å². The maximum Gasteiger partial charge on any atom is 0.281 e. The summed E-state index contributed by atoms with van der Waals surface area (Å²) in [5.74, 6) is 0.102. The van der Waals surface area contributed by atoms with Crippen molar-refractivity contribution in [2.75, 3.05) is 24.6 Å². The van der Waals surface area contributed by atoms with Crippen molar-refractivity contribution in [2.24, 2.45) is 0 Å². The quantitative estimate of drug-likeness (QED) is 0.809. The molecule has 0 aliphatic carbocycles. The van der Waals surface area contributed by atoms with Gasteiger partial charge in [0.2, 0.25) is 0 Å². The van der Waals surface area contributed by atoms with Crippen molar-refractivity contribution >= 4 is 17.5 Å². The molecule has 1 unspecified atom stereocenters. The minimum atomic E-state index is -0.317. The number of furan rings is 1. The smallest absolute Gasteiger partial charge is 0.281 e. The molecule has 1 aromatic carbocycles. The van der Waals surface area contributed by atoms with Gasteiger partial charge in [0.05, 0.1) is 25.1 Å². The highest BCUT2D eigenvalue weighted by Gasteiger charge is 2.37. The normalized spacial score (nSPS) is 21.3. The number of imide groups is 1. The molecule has 1 atom stereocenters. The monoisotopic (exact) mass is 324 g/mol. The third-order valence-corrected chi connectivity index (χ3v) is 4.18. The Bertz CT molecular complexity index is 783. The molecule has 1 fully saturated rings. The van der Waals surface area contributed by atoms with Crippen LogP contribution in [0.5, 0.6) is 0 Å². The summed E-state index contributed by atoms with van der Waals surface area (Å²) < 4.78 is 11.1. The van der Waals surface area contributed by atoms with E-state index in [4.69, 9.17) is 9.15 Å². The van der Waals surface area contributed by atoms with Gasteiger partial charge in [-0.2, -0.15) is 0 Å². The molecule has 6 nitrogen and oxygen atoms in total. The average Bonchev–Trinajstić information content (AvgIpc) is 3.24. The van der Waals surface area contributed by atoms with Gasteiger partial charge < -0.3 is 14.1 Å². The van der Waals surface area contributed by atoms with Crippen LogP contribution in [0, 0.1) is 0 Å². The largest absolute Gasteiger partial charge is 0.467 e. The van der Waals surface area contributed by atoms with Crippen LogP contribution in [-0.2, 0) is 14.3 Å². The third-order valence-electron chi connectivity index (χ3n) is 4.18. The van der Waals surface area contributed by atoms with Crippen LogP contribution in [0.2, 0.25) is 0 Å². The number of benzene rings is 1. The maximum absolute atomic E-state index is 12.7. The van der Waals surface area contributed by atoms with Gasteiger partial charge in [0, 0.05) is 12.6 Å². The molecule has 0 saturated carbocycles. The zero-order valence-corrected chi connectivity index (χ0v) is 12.9. The number of carbonyl (C=O) groups excluding carboxylic acids is 2. The fourth-order valence-electron chi connectivity index (χ4n) is 3.02. The van der Waals surface area contributed by atoms with Crippen LogP contribution in [0.3, 0.4) is 0 Å². The summed E-state index contributed by atoms with van der Waals surface area (Å²) in [5, 5.41) is 0. The van der Waals surface area contributed by atoms with Gasteiger partial charge in [-0.15, -0.1) is 0 Å². The van der Waals surface area contributed by atoms with Crippen molar-refractivity contribution in [2.45, 2.75) is 6.10 Å². The number of rotatable bonds is 3. The molecule has 3 heterocycles. The lowest BCUT2D eigenvalue weighted by Crippen LogP contribution is -2.41. The first-order chi connectivity index (χ1) is 11.7. The van der Waals surface area contributed by atoms with Gasteiger partial charge in [0.25, 0.3) is 11.8 Å². The second-order valence-electron chi connectivity index (χ2n) is 5.66. The predicted molar refractivity (Wildman–Crippen MR) is 86.0 cm³/mol. The van der Waals surface area contributed by atoms with E-state index in [0.29, 0.717) is 31.1 Å². The van der Waals surface area contributed by atoms with Crippen LogP contribution in [0.4, 0.5) is 5.69 Å². The number of amides is 2. The van der Waals surface area contributed by atoms with Gasteiger partial charge >= 0.3 is 0 Å². The van der Waals surface area contributed by atoms with E-state index in [0.717, 1.165) is 5.76 Å². The van der Waals surface area contributed by atoms with Gasteiger partial charge in [-0.25, -0.2) is 4.90 Å². The van der Waals surface area contributed by atoms with Crippen molar-refractivity contribution in [3.63, 3.8) is 0 Å². The molecule has 0 bridgehead atoms. The first-order valence-corrected chi connectivity index (χ1v) is 7.79. The standard InChI is InChI=1S/C18H16N2O4/c21-17-11-14(18(22)20(17)13-5-2-1-3-6-13)19-8-10-24-16(12-19)15-7-4-9-23-15/h1-7,9,11,16H,8,10,12H2. The zero-order chi connectivity index (χ0) is 16.5. The number of carbonyl (C=O) groups is 2. The Kier molecular flexibility index (Phi) is 3.66. The maximum atomic E-state index is 12.7. The van der Waals surface area contributed by atoms with Crippen LogP contribution >= 0.6 is 0 Å². The Morgan fingerprint density at radius 3 is 2.62 bits per heavy atom. The van der Waals surface area contributed by atoms with E-state index in [1.165, 1.54) is 11.0 Å². The van der Waals surface area contributed by atoms with Gasteiger partial charge in [-0.1, -0.05) is 18.2 Å². The topological polar surface area (TPSA) is 63.0 Å². The van der Waals surface area contributed by atoms with E-state index in [1.807, 2.05) is 17.0 Å². The molecule has 0 radical (unpaired) electrons. The summed E-state index contributed by atoms with van der Waals surface area (Å²) >= 11 is 0. The van der Waals surface area contributed by atoms with Gasteiger partial charge in [-0.05, 0) is 24.3 Å². The van der Waals surface area contributed by atoms with E-state index in [9.17, 15) is 9.59 Å². The van der Waals surface area contributed by atoms with Gasteiger partial charge in [0.15, 0.2) is 0 Å². The van der Waals surface area contributed by atoms with Crippen molar-refractivity contribution < 1.29 is 18.7 Å². The van der Waals surface area contributed by atoms with E-state index < -0.39 is 0 Å². The number of anilines is 1. The van der Waals surface area contributed by atoms with Gasteiger partial charge in [0.1, 0.15) is 17.6 Å². The zero-order valence-electron chi connectivity index (χ0n) is 12.9. The first-order valence-electron chi connectivity index (χ1n) is 7.79. The fourth-order valence-corrected chi connectivity index (χ4v) is 3.02. The number of ether oxygens (including phenoxy) is 1. The third kappa shape index (κ3) is 2.51. The molecule has 2 aliphatic rings. The van der Waals surface area contributed by atoms with Crippen LogP contribution in [-0.4, -0.2) is 36.4 Å². The lowest BCUT2D eigenvalue weighted by molar-refractivity contribution is -0.121. The highest BCUT2D eigenvalue weighted by Crippen LogP contribution is 2.29. The number of hydrogen-bond acceptors (Lipinski definition) is 5. The molecule has 1 aromatic heterocycles. The van der Waals surface area contributed by atoms with Crippen LogP contribution < -0.4 is 4.90 Å². The number of para-hydroxylation sites is 1. The van der Waals surface area contributed by atoms with E-state index in [1.54, 1.807) is 36.6 Å². The Labute approximate surface area is 138 Å². The molecule has 6 heteroatoms. The fraction of sp³-hybridized carbons (Fsp3) is 0.222. The average molecular weight is 324 g/mol. The first kappa shape index (κ1) is 14.7. The Hall–Kier alpha value is -2.86. The number of hydrogen-bond donors (Lipinski definition) is 0. The minimum absolute atomic E-state index is 0.247. The molecule has 0 spiro atoms. The molecule has 1 saturated heterocycles. The Morgan fingerprint density at radius 1 is 1.04 bits per heavy atom. The summed E-state index contributed by atoms with van der Waals surface area (Å²) in [7, 11) is 0.